The van der Waals surface area contributed by atoms with Crippen molar-refractivity contribution in [3.8, 4) is 11.5 Å². The largest absolute Gasteiger partial charge is 0.506 e. The first-order chi connectivity index (χ1) is 15.7. The molecule has 0 radical (unpaired) electrons. The van der Waals surface area contributed by atoms with Crippen LogP contribution in [-0.2, 0) is 4.79 Å². The summed E-state index contributed by atoms with van der Waals surface area (Å²) in [5.74, 6) is -1.69. The quantitative estimate of drug-likeness (QED) is 0.247. The molecular weight excluding hydrogens is 585 g/mol. The number of phenolic OH excluding ortho intramolecular Hbond substituents is 1. The highest BCUT2D eigenvalue weighted by Gasteiger charge is 2.14. The van der Waals surface area contributed by atoms with Crippen LogP contribution in [0.1, 0.15) is 15.9 Å². The summed E-state index contributed by atoms with van der Waals surface area (Å²) in [5.41, 5.74) is 2.94. The third-order valence-corrected chi connectivity index (χ3v) is 5.47. The molecule has 170 valence electrons. The standard InChI is InChI=1S/C22H15Br2ClFN3O4/c23-13-8-14(21(31)15(24)9-13)22(32)29-27-10-12-5-6-19(16(25)7-12)33-11-20(30)28-18-4-2-1-3-17(18)26/h1-10,31H,11H2,(H,28,30)(H,29,32)/b27-10-. The second-order valence-electron chi connectivity index (χ2n) is 6.49. The Labute approximate surface area is 209 Å². The van der Waals surface area contributed by atoms with E-state index in [2.05, 4.69) is 47.7 Å². The molecule has 11 heteroatoms. The third kappa shape index (κ3) is 6.77. The molecule has 3 aromatic rings. The first-order valence-electron chi connectivity index (χ1n) is 9.22. The van der Waals surface area contributed by atoms with Crippen LogP contribution in [0, 0.1) is 5.82 Å². The van der Waals surface area contributed by atoms with Crippen molar-refractivity contribution in [3.05, 3.63) is 85.5 Å². The Balaban J connectivity index is 1.57. The molecule has 0 aliphatic rings. The van der Waals surface area contributed by atoms with E-state index in [1.54, 1.807) is 18.2 Å². The number of benzene rings is 3. The molecule has 2 amide bonds. The maximum atomic E-state index is 13.6. The van der Waals surface area contributed by atoms with E-state index in [0.717, 1.165) is 0 Å². The van der Waals surface area contributed by atoms with Crippen LogP contribution in [0.25, 0.3) is 0 Å². The van der Waals surface area contributed by atoms with Crippen molar-refractivity contribution >= 4 is 67.2 Å². The number of aromatic hydroxyl groups is 1. The molecule has 33 heavy (non-hydrogen) atoms. The fourth-order valence-electron chi connectivity index (χ4n) is 2.57. The number of halogens is 4. The summed E-state index contributed by atoms with van der Waals surface area (Å²) in [6.45, 7) is -0.372. The van der Waals surface area contributed by atoms with Crippen molar-refractivity contribution in [1.82, 2.24) is 5.43 Å². The summed E-state index contributed by atoms with van der Waals surface area (Å²) in [5, 5.41) is 16.5. The van der Waals surface area contributed by atoms with Gasteiger partial charge in [0, 0.05) is 4.47 Å². The van der Waals surface area contributed by atoms with Crippen LogP contribution in [0.5, 0.6) is 11.5 Å². The van der Waals surface area contributed by atoms with Crippen molar-refractivity contribution in [2.24, 2.45) is 5.10 Å². The molecule has 0 saturated heterocycles. The van der Waals surface area contributed by atoms with Gasteiger partial charge in [-0.15, -0.1) is 0 Å². The van der Waals surface area contributed by atoms with Crippen LogP contribution in [0.15, 0.2) is 68.6 Å². The number of hydrazone groups is 1. The lowest BCUT2D eigenvalue weighted by Crippen LogP contribution is -2.20. The molecule has 3 aromatic carbocycles. The Morgan fingerprint density at radius 3 is 2.64 bits per heavy atom. The Kier molecular flexibility index (Phi) is 8.43. The second kappa shape index (κ2) is 11.3. The lowest BCUT2D eigenvalue weighted by molar-refractivity contribution is -0.118. The van der Waals surface area contributed by atoms with Crippen LogP contribution in [0.2, 0.25) is 5.02 Å². The van der Waals surface area contributed by atoms with Crippen molar-refractivity contribution in [1.29, 1.82) is 0 Å². The molecule has 0 fully saturated rings. The Hall–Kier alpha value is -2.95. The SMILES string of the molecule is O=C(COc1ccc(/C=N\NC(=O)c2cc(Br)cc(Br)c2O)cc1Cl)Nc1ccccc1F. The van der Waals surface area contributed by atoms with E-state index in [9.17, 15) is 19.1 Å². The molecule has 0 unspecified atom stereocenters. The normalized spacial score (nSPS) is 10.8. The Morgan fingerprint density at radius 1 is 1.15 bits per heavy atom. The first-order valence-corrected chi connectivity index (χ1v) is 11.2. The minimum Gasteiger partial charge on any atom is -0.506 e. The summed E-state index contributed by atoms with van der Waals surface area (Å²) in [6.07, 6.45) is 1.35. The summed E-state index contributed by atoms with van der Waals surface area (Å²) in [6, 6.07) is 13.5. The number of hydrogen-bond acceptors (Lipinski definition) is 5. The van der Waals surface area contributed by atoms with Crippen molar-refractivity contribution in [2.45, 2.75) is 0 Å². The number of nitrogens with zero attached hydrogens (tertiary/aromatic N) is 1. The molecular formula is C22H15Br2ClFN3O4. The molecule has 0 aromatic heterocycles. The number of nitrogens with one attached hydrogen (secondary N) is 2. The molecule has 3 N–H and O–H groups in total. The molecule has 3 rings (SSSR count). The Bertz CT molecular complexity index is 1240. The number of ether oxygens (including phenoxy) is 1. The van der Waals surface area contributed by atoms with Gasteiger partial charge in [-0.05, 0) is 64.0 Å². The molecule has 0 heterocycles. The van der Waals surface area contributed by atoms with E-state index in [1.165, 1.54) is 42.6 Å². The first kappa shape index (κ1) is 24.7. The van der Waals surface area contributed by atoms with Gasteiger partial charge in [-0.3, -0.25) is 9.59 Å². The van der Waals surface area contributed by atoms with E-state index >= 15 is 0 Å². The monoisotopic (exact) mass is 597 g/mol. The van der Waals surface area contributed by atoms with Gasteiger partial charge >= 0.3 is 0 Å². The van der Waals surface area contributed by atoms with Gasteiger partial charge in [-0.1, -0.05) is 39.7 Å². The van der Waals surface area contributed by atoms with Gasteiger partial charge < -0.3 is 15.2 Å². The summed E-state index contributed by atoms with van der Waals surface area (Å²) >= 11 is 12.6. The van der Waals surface area contributed by atoms with Crippen LogP contribution < -0.4 is 15.5 Å². The van der Waals surface area contributed by atoms with Gasteiger partial charge in [0.2, 0.25) is 0 Å². The van der Waals surface area contributed by atoms with Gasteiger partial charge in [-0.2, -0.15) is 5.10 Å². The van der Waals surface area contributed by atoms with Gasteiger partial charge in [-0.25, -0.2) is 9.82 Å². The number of amides is 2. The van der Waals surface area contributed by atoms with Gasteiger partial charge in [0.1, 0.15) is 17.3 Å². The zero-order chi connectivity index (χ0) is 24.0. The van der Waals surface area contributed by atoms with Crippen molar-refractivity contribution in [3.63, 3.8) is 0 Å². The summed E-state index contributed by atoms with van der Waals surface area (Å²) in [4.78, 5) is 24.2. The highest BCUT2D eigenvalue weighted by Crippen LogP contribution is 2.31. The fourth-order valence-corrected chi connectivity index (χ4v) is 4.04. The molecule has 0 aliphatic heterocycles. The smallest absolute Gasteiger partial charge is 0.275 e. The van der Waals surface area contributed by atoms with E-state index in [0.29, 0.717) is 14.5 Å². The molecule has 0 atom stereocenters. The maximum Gasteiger partial charge on any atom is 0.275 e. The van der Waals surface area contributed by atoms with Crippen LogP contribution >= 0.6 is 43.5 Å². The number of hydrogen-bond donors (Lipinski definition) is 3. The Morgan fingerprint density at radius 2 is 1.91 bits per heavy atom. The predicted octanol–water partition coefficient (Wildman–Crippen LogP) is 5.49. The molecule has 7 nitrogen and oxygen atoms in total. The molecule has 0 spiro atoms. The zero-order valence-corrected chi connectivity index (χ0v) is 20.5. The highest BCUT2D eigenvalue weighted by molar-refractivity contribution is 9.11. The molecule has 0 saturated carbocycles. The van der Waals surface area contributed by atoms with Crippen LogP contribution in [0.3, 0.4) is 0 Å². The van der Waals surface area contributed by atoms with Gasteiger partial charge in [0.05, 0.1) is 27.0 Å². The fraction of sp³-hybridized carbons (Fsp3) is 0.0455. The van der Waals surface area contributed by atoms with E-state index in [-0.39, 0.29) is 34.4 Å². The second-order valence-corrected chi connectivity index (χ2v) is 8.67. The number of rotatable bonds is 7. The van der Waals surface area contributed by atoms with Crippen molar-refractivity contribution < 1.29 is 23.8 Å². The number of carbonyl (C=O) groups is 2. The minimum atomic E-state index is -0.613. The average Bonchev–Trinajstić information content (AvgIpc) is 2.77. The zero-order valence-electron chi connectivity index (χ0n) is 16.6. The summed E-state index contributed by atoms with van der Waals surface area (Å²) < 4.78 is 19.9. The van der Waals surface area contributed by atoms with Gasteiger partial charge in [0.25, 0.3) is 11.8 Å². The number of anilines is 1. The highest BCUT2D eigenvalue weighted by atomic mass is 79.9. The predicted molar refractivity (Wildman–Crippen MR) is 131 cm³/mol. The summed E-state index contributed by atoms with van der Waals surface area (Å²) in [7, 11) is 0. The lowest BCUT2D eigenvalue weighted by Gasteiger charge is -2.09. The molecule has 0 aliphatic carbocycles. The van der Waals surface area contributed by atoms with E-state index in [1.807, 2.05) is 0 Å². The lowest BCUT2D eigenvalue weighted by atomic mass is 10.2. The van der Waals surface area contributed by atoms with Crippen LogP contribution in [0.4, 0.5) is 10.1 Å². The number of carbonyl (C=O) groups excluding carboxylic acids is 2. The number of para-hydroxylation sites is 1. The minimum absolute atomic E-state index is 0.0313. The van der Waals surface area contributed by atoms with E-state index < -0.39 is 17.6 Å². The van der Waals surface area contributed by atoms with Crippen LogP contribution in [-0.4, -0.2) is 29.7 Å². The average molecular weight is 600 g/mol. The van der Waals surface area contributed by atoms with Crippen molar-refractivity contribution in [2.75, 3.05) is 11.9 Å². The maximum absolute atomic E-state index is 13.6. The van der Waals surface area contributed by atoms with Gasteiger partial charge in [0.15, 0.2) is 6.61 Å². The third-order valence-electron chi connectivity index (χ3n) is 4.12. The van der Waals surface area contributed by atoms with E-state index in [4.69, 9.17) is 16.3 Å². The number of phenols is 1. The molecule has 0 bridgehead atoms. The topological polar surface area (TPSA) is 100 Å².